The minimum atomic E-state index is 0.209. The van der Waals surface area contributed by atoms with Crippen LogP contribution in [0.15, 0.2) is 4.99 Å². The van der Waals surface area contributed by atoms with Crippen LogP contribution >= 0.6 is 0 Å². The van der Waals surface area contributed by atoms with Crippen LogP contribution in [0.3, 0.4) is 0 Å². The number of likely N-dealkylation sites (N-methyl/N-ethyl adjacent to an activating group) is 1. The van der Waals surface area contributed by atoms with Gasteiger partial charge in [-0.15, -0.1) is 0 Å². The zero-order chi connectivity index (χ0) is 13.2. The van der Waals surface area contributed by atoms with Crippen molar-refractivity contribution in [1.82, 2.24) is 15.1 Å². The van der Waals surface area contributed by atoms with E-state index >= 15 is 0 Å². The van der Waals surface area contributed by atoms with Crippen LogP contribution in [0.25, 0.3) is 0 Å². The molecule has 2 heterocycles. The Morgan fingerprint density at radius 3 is 2.78 bits per heavy atom. The van der Waals surface area contributed by atoms with Crippen LogP contribution in [-0.2, 0) is 0 Å². The van der Waals surface area contributed by atoms with Crippen LogP contribution in [0.2, 0.25) is 0 Å². The topological polar surface area (TPSA) is 30.9 Å². The summed E-state index contributed by atoms with van der Waals surface area (Å²) >= 11 is 0. The first kappa shape index (κ1) is 13.7. The summed E-state index contributed by atoms with van der Waals surface area (Å²) in [5, 5.41) is 3.52. The number of hydrogen-bond donors (Lipinski definition) is 1. The number of rotatable bonds is 3. The van der Waals surface area contributed by atoms with E-state index in [0.717, 1.165) is 31.5 Å². The second kappa shape index (κ2) is 5.47. The Labute approximate surface area is 111 Å². The average Bonchev–Trinajstić information content (AvgIpc) is 2.72. The Balaban J connectivity index is 1.86. The maximum Gasteiger partial charge on any atom is 0.193 e. The molecular weight excluding hydrogens is 224 g/mol. The molecule has 4 heteroatoms. The SMILES string of the molecule is CC1CCCN(C(C)(C)CNC2=NCCN2C)C1. The van der Waals surface area contributed by atoms with Gasteiger partial charge >= 0.3 is 0 Å². The molecule has 1 N–H and O–H groups in total. The lowest BCUT2D eigenvalue weighted by Gasteiger charge is -2.43. The van der Waals surface area contributed by atoms with E-state index in [1.165, 1.54) is 25.9 Å². The maximum absolute atomic E-state index is 4.49. The van der Waals surface area contributed by atoms with Crippen LogP contribution < -0.4 is 5.32 Å². The van der Waals surface area contributed by atoms with E-state index < -0.39 is 0 Å². The molecule has 2 aliphatic rings. The number of nitrogens with zero attached hydrogens (tertiary/aromatic N) is 3. The average molecular weight is 252 g/mol. The summed E-state index contributed by atoms with van der Waals surface area (Å²) in [6.45, 7) is 12.5. The van der Waals surface area contributed by atoms with Gasteiger partial charge < -0.3 is 10.2 Å². The quantitative estimate of drug-likeness (QED) is 0.823. The number of likely N-dealkylation sites (tertiary alicyclic amines) is 1. The summed E-state index contributed by atoms with van der Waals surface area (Å²) in [4.78, 5) is 9.32. The van der Waals surface area contributed by atoms with Gasteiger partial charge in [0.15, 0.2) is 5.96 Å². The molecule has 1 atom stereocenters. The highest BCUT2D eigenvalue weighted by Gasteiger charge is 2.30. The Morgan fingerprint density at radius 2 is 2.17 bits per heavy atom. The highest BCUT2D eigenvalue weighted by atomic mass is 15.3. The molecule has 0 aromatic heterocycles. The Kier molecular flexibility index (Phi) is 4.15. The van der Waals surface area contributed by atoms with Crippen molar-refractivity contribution in [2.45, 2.75) is 39.2 Å². The summed E-state index contributed by atoms with van der Waals surface area (Å²) in [6.07, 6.45) is 2.72. The smallest absolute Gasteiger partial charge is 0.193 e. The van der Waals surface area contributed by atoms with Gasteiger partial charge in [-0.2, -0.15) is 0 Å². The third kappa shape index (κ3) is 3.16. The first-order chi connectivity index (χ1) is 8.49. The number of hydrogen-bond acceptors (Lipinski definition) is 4. The zero-order valence-corrected chi connectivity index (χ0v) is 12.4. The number of aliphatic imine (C=N–C) groups is 1. The van der Waals surface area contributed by atoms with Crippen molar-refractivity contribution in [1.29, 1.82) is 0 Å². The maximum atomic E-state index is 4.49. The summed E-state index contributed by atoms with van der Waals surface area (Å²) in [5.74, 6) is 1.90. The molecular formula is C14H28N4. The van der Waals surface area contributed by atoms with Crippen molar-refractivity contribution in [3.05, 3.63) is 0 Å². The van der Waals surface area contributed by atoms with Gasteiger partial charge in [-0.05, 0) is 39.2 Å². The van der Waals surface area contributed by atoms with Gasteiger partial charge in [0.05, 0.1) is 6.54 Å². The summed E-state index contributed by atoms with van der Waals surface area (Å²) in [6, 6.07) is 0. The number of nitrogens with one attached hydrogen (secondary N) is 1. The molecule has 4 nitrogen and oxygen atoms in total. The predicted molar refractivity (Wildman–Crippen MR) is 77.0 cm³/mol. The van der Waals surface area contributed by atoms with E-state index in [1.807, 2.05) is 0 Å². The molecule has 0 aromatic rings. The van der Waals surface area contributed by atoms with Crippen molar-refractivity contribution >= 4 is 5.96 Å². The molecule has 0 radical (unpaired) electrons. The van der Waals surface area contributed by atoms with Gasteiger partial charge in [0.2, 0.25) is 0 Å². The van der Waals surface area contributed by atoms with E-state index in [-0.39, 0.29) is 5.54 Å². The van der Waals surface area contributed by atoms with Crippen LogP contribution in [0.1, 0.15) is 33.6 Å². The molecule has 0 aromatic carbocycles. The normalized spacial score (nSPS) is 26.3. The van der Waals surface area contributed by atoms with Crippen molar-refractivity contribution in [2.24, 2.45) is 10.9 Å². The zero-order valence-electron chi connectivity index (χ0n) is 12.4. The van der Waals surface area contributed by atoms with Crippen LogP contribution in [0, 0.1) is 5.92 Å². The summed E-state index contributed by atoms with van der Waals surface area (Å²) < 4.78 is 0. The summed E-state index contributed by atoms with van der Waals surface area (Å²) in [5.41, 5.74) is 0.209. The predicted octanol–water partition coefficient (Wildman–Crippen LogP) is 1.39. The Morgan fingerprint density at radius 1 is 1.39 bits per heavy atom. The Bertz CT molecular complexity index is 311. The fourth-order valence-corrected chi connectivity index (χ4v) is 2.87. The second-order valence-electron chi connectivity index (χ2n) is 6.49. The van der Waals surface area contributed by atoms with E-state index in [4.69, 9.17) is 0 Å². The van der Waals surface area contributed by atoms with Crippen molar-refractivity contribution < 1.29 is 0 Å². The van der Waals surface area contributed by atoms with Gasteiger partial charge in [0.1, 0.15) is 0 Å². The molecule has 1 saturated heterocycles. The van der Waals surface area contributed by atoms with Crippen LogP contribution in [0.5, 0.6) is 0 Å². The highest BCUT2D eigenvalue weighted by Crippen LogP contribution is 2.23. The van der Waals surface area contributed by atoms with E-state index in [9.17, 15) is 0 Å². The summed E-state index contributed by atoms with van der Waals surface area (Å²) in [7, 11) is 2.11. The van der Waals surface area contributed by atoms with E-state index in [1.54, 1.807) is 0 Å². The minimum absolute atomic E-state index is 0.209. The standard InChI is InChI=1S/C14H28N4/c1-12-6-5-8-18(10-12)14(2,3)11-16-13-15-7-9-17(13)4/h12H,5-11H2,1-4H3,(H,15,16). The molecule has 0 spiro atoms. The van der Waals surface area contributed by atoms with Crippen LogP contribution in [-0.4, -0.2) is 61.1 Å². The van der Waals surface area contributed by atoms with E-state index in [0.29, 0.717) is 0 Å². The second-order valence-corrected chi connectivity index (χ2v) is 6.49. The van der Waals surface area contributed by atoms with Gasteiger partial charge in [0.25, 0.3) is 0 Å². The molecule has 2 aliphatic heterocycles. The van der Waals surface area contributed by atoms with Gasteiger partial charge in [0, 0.05) is 32.2 Å². The van der Waals surface area contributed by atoms with Gasteiger partial charge in [-0.1, -0.05) is 6.92 Å². The molecule has 0 amide bonds. The lowest BCUT2D eigenvalue weighted by molar-refractivity contribution is 0.0737. The number of piperidine rings is 1. The lowest BCUT2D eigenvalue weighted by atomic mass is 9.93. The monoisotopic (exact) mass is 252 g/mol. The van der Waals surface area contributed by atoms with E-state index in [2.05, 4.69) is 47.9 Å². The molecule has 0 saturated carbocycles. The molecule has 1 unspecified atom stereocenters. The molecule has 2 rings (SSSR count). The van der Waals surface area contributed by atoms with Crippen molar-refractivity contribution in [3.8, 4) is 0 Å². The lowest BCUT2D eigenvalue weighted by Crippen LogP contribution is -2.55. The number of guanidine groups is 1. The largest absolute Gasteiger partial charge is 0.354 e. The van der Waals surface area contributed by atoms with Crippen molar-refractivity contribution in [2.75, 3.05) is 39.8 Å². The minimum Gasteiger partial charge on any atom is -0.354 e. The van der Waals surface area contributed by atoms with Gasteiger partial charge in [-0.25, -0.2) is 0 Å². The fraction of sp³-hybridized carbons (Fsp3) is 0.929. The first-order valence-corrected chi connectivity index (χ1v) is 7.23. The van der Waals surface area contributed by atoms with Gasteiger partial charge in [-0.3, -0.25) is 9.89 Å². The Hall–Kier alpha value is -0.770. The third-order valence-electron chi connectivity index (χ3n) is 4.25. The van der Waals surface area contributed by atoms with Crippen LogP contribution in [0.4, 0.5) is 0 Å². The molecule has 1 fully saturated rings. The molecule has 0 bridgehead atoms. The third-order valence-corrected chi connectivity index (χ3v) is 4.25. The molecule has 0 aliphatic carbocycles. The highest BCUT2D eigenvalue weighted by molar-refractivity contribution is 5.81. The fourth-order valence-electron chi connectivity index (χ4n) is 2.87. The molecule has 104 valence electrons. The molecule has 18 heavy (non-hydrogen) atoms. The first-order valence-electron chi connectivity index (χ1n) is 7.23. The van der Waals surface area contributed by atoms with Crippen molar-refractivity contribution in [3.63, 3.8) is 0 Å².